The van der Waals surface area contributed by atoms with E-state index < -0.39 is 17.9 Å². The number of hydrogen-bond acceptors (Lipinski definition) is 5. The number of aryl methyl sites for hydroxylation is 1. The van der Waals surface area contributed by atoms with Crippen molar-refractivity contribution in [1.82, 2.24) is 10.4 Å². The molecular weight excluding hydrogens is 378 g/mol. The predicted octanol–water partition coefficient (Wildman–Crippen LogP) is 4.87. The molecule has 0 amide bonds. The Morgan fingerprint density at radius 2 is 1.93 bits per heavy atom. The van der Waals surface area contributed by atoms with Crippen LogP contribution in [0.25, 0.3) is 5.70 Å². The van der Waals surface area contributed by atoms with E-state index in [0.29, 0.717) is 22.8 Å². The minimum atomic E-state index is -0.928. The molecule has 5 rings (SSSR count). The lowest BCUT2D eigenvalue weighted by Crippen LogP contribution is -2.43. The lowest BCUT2D eigenvalue weighted by molar-refractivity contribution is -0.0346. The van der Waals surface area contributed by atoms with Gasteiger partial charge in [0.15, 0.2) is 35.1 Å². The molecule has 2 aromatic carbocycles. The van der Waals surface area contributed by atoms with Crippen molar-refractivity contribution in [3.8, 4) is 11.5 Å². The first-order chi connectivity index (χ1) is 14.0. The molecule has 1 aromatic heterocycles. The Kier molecular flexibility index (Phi) is 4.06. The van der Waals surface area contributed by atoms with Crippen molar-refractivity contribution in [3.05, 3.63) is 88.9 Å². The molecule has 0 spiro atoms. The average molecular weight is 396 g/mol. The zero-order chi connectivity index (χ0) is 20.1. The van der Waals surface area contributed by atoms with Gasteiger partial charge in [0.2, 0.25) is 0 Å². The molecule has 0 bridgehead atoms. The molecule has 3 aromatic rings. The van der Waals surface area contributed by atoms with Gasteiger partial charge in [-0.25, -0.2) is 8.78 Å². The summed E-state index contributed by atoms with van der Waals surface area (Å²) in [6.07, 6.45) is 1.31. The Hall–Kier alpha value is -3.32. The van der Waals surface area contributed by atoms with Gasteiger partial charge in [-0.05, 0) is 43.3 Å². The summed E-state index contributed by atoms with van der Waals surface area (Å²) in [5.74, 6) is 0.792. The monoisotopic (exact) mass is 396 g/mol. The number of para-hydroxylation sites is 1. The molecule has 1 N–H and O–H groups in total. The molecule has 2 unspecified atom stereocenters. The van der Waals surface area contributed by atoms with Crippen LogP contribution in [0, 0.1) is 18.6 Å². The van der Waals surface area contributed by atoms with E-state index >= 15 is 0 Å². The smallest absolute Gasteiger partial charge is 0.196 e. The number of nitrogens with one attached hydrogen (secondary N) is 1. The first kappa shape index (κ1) is 17.8. The minimum absolute atomic E-state index is 0.215. The van der Waals surface area contributed by atoms with Gasteiger partial charge in [0, 0.05) is 11.1 Å². The fourth-order valence-corrected chi connectivity index (χ4v) is 3.76. The van der Waals surface area contributed by atoms with Crippen molar-refractivity contribution in [2.75, 3.05) is 7.11 Å². The number of halogens is 2. The quantitative estimate of drug-likeness (QED) is 0.685. The lowest BCUT2D eigenvalue weighted by Gasteiger charge is -2.39. The molecule has 0 saturated heterocycles. The molecule has 2 atom stereocenters. The van der Waals surface area contributed by atoms with Crippen LogP contribution in [-0.2, 0) is 0 Å². The second-order valence-electron chi connectivity index (χ2n) is 6.98. The van der Waals surface area contributed by atoms with E-state index in [1.54, 1.807) is 13.2 Å². The summed E-state index contributed by atoms with van der Waals surface area (Å²) in [5, 5.41) is 1.85. The third-order valence-electron chi connectivity index (χ3n) is 5.14. The number of rotatable bonds is 3. The van der Waals surface area contributed by atoms with Crippen LogP contribution < -0.4 is 14.9 Å². The van der Waals surface area contributed by atoms with Crippen molar-refractivity contribution >= 4 is 5.70 Å². The van der Waals surface area contributed by atoms with Crippen LogP contribution in [0.1, 0.15) is 34.9 Å². The fourth-order valence-electron chi connectivity index (χ4n) is 3.76. The molecule has 0 saturated carbocycles. The van der Waals surface area contributed by atoms with Crippen LogP contribution in [0.5, 0.6) is 11.5 Å². The predicted molar refractivity (Wildman–Crippen MR) is 102 cm³/mol. The zero-order valence-corrected chi connectivity index (χ0v) is 15.8. The largest absolute Gasteiger partial charge is 0.493 e. The molecule has 0 fully saturated rings. The molecule has 3 heterocycles. The maximum atomic E-state index is 13.9. The molecule has 2 aliphatic heterocycles. The van der Waals surface area contributed by atoms with Gasteiger partial charge in [0.25, 0.3) is 0 Å². The Balaban J connectivity index is 1.63. The molecule has 148 valence electrons. The van der Waals surface area contributed by atoms with Crippen LogP contribution in [0.2, 0.25) is 0 Å². The summed E-state index contributed by atoms with van der Waals surface area (Å²) >= 11 is 0. The van der Waals surface area contributed by atoms with Crippen molar-refractivity contribution in [1.29, 1.82) is 0 Å². The van der Waals surface area contributed by atoms with Gasteiger partial charge in [-0.15, -0.1) is 0 Å². The van der Waals surface area contributed by atoms with Gasteiger partial charge < -0.3 is 19.3 Å². The SMILES string of the molecule is COc1cccc2c1OC(c1ccc(F)c(F)c1)N1NC(c3ccc(C)o3)=CC21. The third-order valence-corrected chi connectivity index (χ3v) is 5.14. The lowest BCUT2D eigenvalue weighted by atomic mass is 10.0. The number of furan rings is 1. The molecule has 5 nitrogen and oxygen atoms in total. The normalized spacial score (nSPS) is 20.3. The van der Waals surface area contributed by atoms with Gasteiger partial charge in [0.1, 0.15) is 5.76 Å². The van der Waals surface area contributed by atoms with Gasteiger partial charge in [-0.2, -0.15) is 5.01 Å². The van der Waals surface area contributed by atoms with E-state index in [-0.39, 0.29) is 6.04 Å². The van der Waals surface area contributed by atoms with Crippen molar-refractivity contribution < 1.29 is 22.7 Å². The van der Waals surface area contributed by atoms with Crippen LogP contribution in [0.4, 0.5) is 8.78 Å². The van der Waals surface area contributed by atoms with Gasteiger partial charge >= 0.3 is 0 Å². The molecule has 0 radical (unpaired) electrons. The zero-order valence-electron chi connectivity index (χ0n) is 15.8. The van der Waals surface area contributed by atoms with E-state index in [9.17, 15) is 8.78 Å². The van der Waals surface area contributed by atoms with E-state index in [2.05, 4.69) is 5.43 Å². The highest BCUT2D eigenvalue weighted by atomic mass is 19.2. The number of ether oxygens (including phenoxy) is 2. The topological polar surface area (TPSA) is 46.9 Å². The first-order valence-electron chi connectivity index (χ1n) is 9.17. The van der Waals surface area contributed by atoms with Crippen LogP contribution in [-0.4, -0.2) is 12.1 Å². The second kappa shape index (κ2) is 6.63. The molecule has 7 heteroatoms. The maximum absolute atomic E-state index is 13.9. The van der Waals surface area contributed by atoms with E-state index in [1.165, 1.54) is 6.07 Å². The van der Waals surface area contributed by atoms with Crippen molar-refractivity contribution in [2.24, 2.45) is 0 Å². The highest BCUT2D eigenvalue weighted by molar-refractivity contribution is 5.65. The number of methoxy groups -OCH3 is 1. The summed E-state index contributed by atoms with van der Waals surface area (Å²) in [6, 6.07) is 13.0. The molecule has 2 aliphatic rings. The highest BCUT2D eigenvalue weighted by Crippen LogP contribution is 2.49. The summed E-state index contributed by atoms with van der Waals surface area (Å²) in [7, 11) is 1.57. The number of fused-ring (bicyclic) bond motifs is 3. The van der Waals surface area contributed by atoms with Gasteiger partial charge in [0.05, 0.1) is 18.8 Å². The number of hydrazine groups is 1. The third kappa shape index (κ3) is 2.86. The second-order valence-corrected chi connectivity index (χ2v) is 6.98. The van der Waals surface area contributed by atoms with E-state index in [4.69, 9.17) is 13.9 Å². The molecular formula is C22H18F2N2O3. The Morgan fingerprint density at radius 1 is 1.07 bits per heavy atom. The molecule has 29 heavy (non-hydrogen) atoms. The van der Waals surface area contributed by atoms with Gasteiger partial charge in [-0.1, -0.05) is 18.2 Å². The van der Waals surface area contributed by atoms with E-state index in [0.717, 1.165) is 29.2 Å². The Labute approximate surface area is 166 Å². The number of hydrogen-bond donors (Lipinski definition) is 1. The summed E-state index contributed by atoms with van der Waals surface area (Å²) in [5.41, 5.74) is 5.45. The van der Waals surface area contributed by atoms with Crippen LogP contribution >= 0.6 is 0 Å². The Morgan fingerprint density at radius 3 is 2.66 bits per heavy atom. The van der Waals surface area contributed by atoms with Crippen molar-refractivity contribution in [3.63, 3.8) is 0 Å². The van der Waals surface area contributed by atoms with Crippen LogP contribution in [0.3, 0.4) is 0 Å². The number of nitrogens with zero attached hydrogens (tertiary/aromatic N) is 1. The van der Waals surface area contributed by atoms with Crippen LogP contribution in [0.15, 0.2) is 59.0 Å². The highest BCUT2D eigenvalue weighted by Gasteiger charge is 2.42. The average Bonchev–Trinajstić information content (AvgIpc) is 3.35. The first-order valence-corrected chi connectivity index (χ1v) is 9.17. The summed E-state index contributed by atoms with van der Waals surface area (Å²) < 4.78 is 44.9. The molecule has 0 aliphatic carbocycles. The minimum Gasteiger partial charge on any atom is -0.493 e. The number of benzene rings is 2. The Bertz CT molecular complexity index is 1120. The van der Waals surface area contributed by atoms with Crippen molar-refractivity contribution in [2.45, 2.75) is 19.2 Å². The summed E-state index contributed by atoms with van der Waals surface area (Å²) in [6.45, 7) is 1.87. The standard InChI is InChI=1S/C22H18F2N2O3/c1-12-6-9-19(28-12)17-11-18-14-4-3-5-20(27-2)21(14)29-22(26(18)25-17)13-7-8-15(23)16(24)10-13/h3-11,18,22,25H,1-2H3. The summed E-state index contributed by atoms with van der Waals surface area (Å²) in [4.78, 5) is 0. The van der Waals surface area contributed by atoms with E-state index in [1.807, 2.05) is 42.3 Å². The maximum Gasteiger partial charge on any atom is 0.196 e. The van der Waals surface area contributed by atoms with Gasteiger partial charge in [-0.3, -0.25) is 0 Å². The fraction of sp³-hybridized carbons (Fsp3) is 0.182.